The third kappa shape index (κ3) is 2.67. The molecule has 0 bridgehead atoms. The Bertz CT molecular complexity index is 439. The summed E-state index contributed by atoms with van der Waals surface area (Å²) in [5, 5.41) is 10.6. The summed E-state index contributed by atoms with van der Waals surface area (Å²) in [7, 11) is 0. The van der Waals surface area contributed by atoms with Gasteiger partial charge in [-0.3, -0.25) is 4.79 Å². The summed E-state index contributed by atoms with van der Waals surface area (Å²) in [6.07, 6.45) is 4.03. The first-order valence-electron chi connectivity index (χ1n) is 6.10. The van der Waals surface area contributed by atoms with Crippen LogP contribution in [-0.4, -0.2) is 46.3 Å². The van der Waals surface area contributed by atoms with E-state index in [0.717, 1.165) is 11.4 Å². The molecule has 1 aliphatic rings. The third-order valence-corrected chi connectivity index (χ3v) is 4.11. The number of piperidine rings is 1. The highest BCUT2D eigenvalue weighted by Crippen LogP contribution is 2.22. The maximum atomic E-state index is 12.4. The van der Waals surface area contributed by atoms with Gasteiger partial charge >= 0.3 is 0 Å². The number of aliphatic hydroxyl groups excluding tert-OH is 1. The third-order valence-electron chi connectivity index (χ3n) is 3.40. The normalized spacial score (nSPS) is 24.1. The monoisotopic (exact) mass is 266 g/mol. The number of aromatic nitrogens is 1. The minimum Gasteiger partial charge on any atom is -0.391 e. The molecule has 4 nitrogen and oxygen atoms in total. The minimum absolute atomic E-state index is 0.0293. The zero-order chi connectivity index (χ0) is 13.1. The molecule has 2 unspecified atom stereocenters. The highest BCUT2D eigenvalue weighted by Gasteiger charge is 2.28. The van der Waals surface area contributed by atoms with Crippen molar-refractivity contribution in [1.29, 1.82) is 0 Å². The van der Waals surface area contributed by atoms with Gasteiger partial charge in [0.05, 0.1) is 11.7 Å². The summed E-state index contributed by atoms with van der Waals surface area (Å²) in [5.41, 5.74) is 0.631. The lowest BCUT2D eigenvalue weighted by atomic mass is 9.95. The van der Waals surface area contributed by atoms with E-state index in [1.54, 1.807) is 23.2 Å². The van der Waals surface area contributed by atoms with Crippen molar-refractivity contribution in [2.24, 2.45) is 5.92 Å². The lowest BCUT2D eigenvalue weighted by Gasteiger charge is -2.34. The lowest BCUT2D eigenvalue weighted by molar-refractivity contribution is 0.0246. The zero-order valence-corrected chi connectivity index (χ0v) is 11.5. The molecule has 1 aromatic heterocycles. The largest absolute Gasteiger partial charge is 0.391 e. The molecule has 0 aliphatic carbocycles. The van der Waals surface area contributed by atoms with Crippen LogP contribution in [0.2, 0.25) is 0 Å². The first-order chi connectivity index (χ1) is 8.63. The van der Waals surface area contributed by atoms with E-state index in [1.165, 1.54) is 11.8 Å². The zero-order valence-electron chi connectivity index (χ0n) is 10.7. The minimum atomic E-state index is -0.419. The second-order valence-corrected chi connectivity index (χ2v) is 5.44. The van der Waals surface area contributed by atoms with Gasteiger partial charge < -0.3 is 10.0 Å². The molecule has 1 amide bonds. The molecule has 98 valence electrons. The van der Waals surface area contributed by atoms with E-state index in [-0.39, 0.29) is 11.8 Å². The van der Waals surface area contributed by atoms with E-state index < -0.39 is 6.10 Å². The van der Waals surface area contributed by atoms with Crippen LogP contribution in [0.3, 0.4) is 0 Å². The van der Waals surface area contributed by atoms with Crippen LogP contribution in [0.4, 0.5) is 0 Å². The van der Waals surface area contributed by atoms with Crippen molar-refractivity contribution >= 4 is 17.7 Å². The number of carbonyl (C=O) groups is 1. The van der Waals surface area contributed by atoms with Crippen molar-refractivity contribution in [3.8, 4) is 0 Å². The molecule has 0 spiro atoms. The van der Waals surface area contributed by atoms with E-state index in [2.05, 4.69) is 4.98 Å². The Morgan fingerprint density at radius 3 is 3.06 bits per heavy atom. The smallest absolute Gasteiger partial charge is 0.256 e. The molecule has 2 atom stereocenters. The molecule has 1 N–H and O–H groups in total. The molecule has 2 heterocycles. The Morgan fingerprint density at radius 1 is 1.61 bits per heavy atom. The molecule has 1 aliphatic heterocycles. The van der Waals surface area contributed by atoms with Gasteiger partial charge in [0.25, 0.3) is 5.91 Å². The summed E-state index contributed by atoms with van der Waals surface area (Å²) in [4.78, 5) is 18.3. The molecule has 0 radical (unpaired) electrons. The second-order valence-electron chi connectivity index (χ2n) is 4.64. The maximum absolute atomic E-state index is 12.4. The van der Waals surface area contributed by atoms with Gasteiger partial charge in [0.2, 0.25) is 0 Å². The fourth-order valence-corrected chi connectivity index (χ4v) is 2.66. The summed E-state index contributed by atoms with van der Waals surface area (Å²) in [5.74, 6) is 0.237. The number of likely N-dealkylation sites (tertiary alicyclic amines) is 1. The van der Waals surface area contributed by atoms with Gasteiger partial charge in [-0.15, -0.1) is 11.8 Å². The van der Waals surface area contributed by atoms with Crippen molar-refractivity contribution in [1.82, 2.24) is 9.88 Å². The Hall–Kier alpha value is -1.07. The fourth-order valence-electron chi connectivity index (χ4n) is 2.12. The molecule has 0 aromatic carbocycles. The molecule has 1 saturated heterocycles. The summed E-state index contributed by atoms with van der Waals surface area (Å²) in [6, 6.07) is 3.57. The number of thioether (sulfide) groups is 1. The maximum Gasteiger partial charge on any atom is 0.256 e. The quantitative estimate of drug-likeness (QED) is 0.827. The van der Waals surface area contributed by atoms with E-state index >= 15 is 0 Å². The molecule has 1 fully saturated rings. The second kappa shape index (κ2) is 5.71. The van der Waals surface area contributed by atoms with E-state index in [0.29, 0.717) is 18.7 Å². The number of nitrogens with zero attached hydrogens (tertiary/aromatic N) is 2. The topological polar surface area (TPSA) is 53.4 Å². The molecule has 1 aromatic rings. The van der Waals surface area contributed by atoms with E-state index in [1.807, 2.05) is 13.2 Å². The Balaban J connectivity index is 2.16. The van der Waals surface area contributed by atoms with Crippen LogP contribution in [0.15, 0.2) is 23.4 Å². The van der Waals surface area contributed by atoms with Crippen LogP contribution >= 0.6 is 11.8 Å². The summed E-state index contributed by atoms with van der Waals surface area (Å²) >= 11 is 1.47. The van der Waals surface area contributed by atoms with Crippen molar-refractivity contribution in [3.05, 3.63) is 23.9 Å². The number of aliphatic hydroxyl groups is 1. The summed E-state index contributed by atoms with van der Waals surface area (Å²) in [6.45, 7) is 3.15. The van der Waals surface area contributed by atoms with Crippen LogP contribution in [0.5, 0.6) is 0 Å². The number of carbonyl (C=O) groups excluding carboxylic acids is 1. The lowest BCUT2D eigenvalue weighted by Crippen LogP contribution is -2.46. The van der Waals surface area contributed by atoms with Crippen LogP contribution in [-0.2, 0) is 0 Å². The van der Waals surface area contributed by atoms with Gasteiger partial charge in [0.15, 0.2) is 0 Å². The van der Waals surface area contributed by atoms with Gasteiger partial charge in [-0.25, -0.2) is 4.98 Å². The van der Waals surface area contributed by atoms with Gasteiger partial charge in [-0.05, 0) is 30.7 Å². The van der Waals surface area contributed by atoms with Crippen molar-refractivity contribution in [2.45, 2.75) is 24.5 Å². The number of β-amino-alcohol motifs (C(OH)–C–C–N with tert-alkyl or cyclic N) is 1. The predicted molar refractivity (Wildman–Crippen MR) is 71.7 cm³/mol. The standard InChI is InChI=1S/C13H18N2O2S/c1-9-5-7-15(8-11(9)16)13(17)10-4-3-6-14-12(10)18-2/h3-4,6,9,11,16H,5,7-8H2,1-2H3. The molecular formula is C13H18N2O2S. The fraction of sp³-hybridized carbons (Fsp3) is 0.538. The first-order valence-corrected chi connectivity index (χ1v) is 7.32. The van der Waals surface area contributed by atoms with Crippen molar-refractivity contribution < 1.29 is 9.90 Å². The van der Waals surface area contributed by atoms with Crippen LogP contribution in [0.25, 0.3) is 0 Å². The van der Waals surface area contributed by atoms with Gasteiger partial charge in [-0.1, -0.05) is 6.92 Å². The van der Waals surface area contributed by atoms with E-state index in [4.69, 9.17) is 0 Å². The number of pyridine rings is 1. The van der Waals surface area contributed by atoms with E-state index in [9.17, 15) is 9.90 Å². The molecule has 5 heteroatoms. The molecule has 18 heavy (non-hydrogen) atoms. The molecular weight excluding hydrogens is 248 g/mol. The van der Waals surface area contributed by atoms with Crippen molar-refractivity contribution in [3.63, 3.8) is 0 Å². The summed E-state index contributed by atoms with van der Waals surface area (Å²) < 4.78 is 0. The molecule has 2 rings (SSSR count). The van der Waals surface area contributed by atoms with Gasteiger partial charge in [0.1, 0.15) is 5.03 Å². The highest BCUT2D eigenvalue weighted by molar-refractivity contribution is 7.98. The van der Waals surface area contributed by atoms with Crippen molar-refractivity contribution in [2.75, 3.05) is 19.3 Å². The van der Waals surface area contributed by atoms with Crippen LogP contribution < -0.4 is 0 Å². The van der Waals surface area contributed by atoms with Crippen LogP contribution in [0.1, 0.15) is 23.7 Å². The predicted octanol–water partition coefficient (Wildman–Crippen LogP) is 1.65. The van der Waals surface area contributed by atoms with Gasteiger partial charge in [0, 0.05) is 19.3 Å². The number of hydrogen-bond donors (Lipinski definition) is 1. The van der Waals surface area contributed by atoms with Gasteiger partial charge in [-0.2, -0.15) is 0 Å². The average molecular weight is 266 g/mol. The van der Waals surface area contributed by atoms with Crippen LogP contribution in [0, 0.1) is 5.92 Å². The molecule has 0 saturated carbocycles. The highest BCUT2D eigenvalue weighted by atomic mass is 32.2. The average Bonchev–Trinajstić information content (AvgIpc) is 2.41. The number of amides is 1. The number of rotatable bonds is 2. The SMILES string of the molecule is CSc1ncccc1C(=O)N1CCC(C)C(O)C1. The Kier molecular flexibility index (Phi) is 4.24. The Morgan fingerprint density at radius 2 is 2.39 bits per heavy atom. The Labute approximate surface area is 111 Å². The number of hydrogen-bond acceptors (Lipinski definition) is 4. The first kappa shape index (κ1) is 13.4.